The predicted molar refractivity (Wildman–Crippen MR) is 58.8 cm³/mol. The first-order chi connectivity index (χ1) is 5.73. The molecule has 1 nitrogen and oxygen atoms in total. The van der Waals surface area contributed by atoms with Crippen LogP contribution < -0.4 is 5.32 Å². The van der Waals surface area contributed by atoms with Crippen LogP contribution in [0.25, 0.3) is 0 Å². The molecule has 1 rings (SSSR count). The van der Waals surface area contributed by atoms with Gasteiger partial charge >= 0.3 is 0 Å². The maximum Gasteiger partial charge on any atom is 0.0176 e. The molecule has 1 heteroatoms. The first-order valence-corrected chi connectivity index (χ1v) is 5.16. The zero-order valence-corrected chi connectivity index (χ0v) is 9.91. The van der Waals surface area contributed by atoms with E-state index in [9.17, 15) is 0 Å². The Bertz CT molecular complexity index is 198. The molecule has 0 amide bonds. The Kier molecular flexibility index (Phi) is 2.59. The molecule has 0 aromatic heterocycles. The first-order valence-electron chi connectivity index (χ1n) is 5.16. The van der Waals surface area contributed by atoms with Gasteiger partial charge < -0.3 is 5.32 Å². The molecule has 0 spiro atoms. The van der Waals surface area contributed by atoms with E-state index < -0.39 is 0 Å². The second kappa shape index (κ2) is 3.13. The minimum atomic E-state index is 0.326. The van der Waals surface area contributed by atoms with Gasteiger partial charge in [-0.25, -0.2) is 0 Å². The first kappa shape index (κ1) is 10.8. The molecule has 0 fully saturated rings. The summed E-state index contributed by atoms with van der Waals surface area (Å²) in [6.07, 6.45) is 0. The second-order valence-electron chi connectivity index (χ2n) is 6.06. The number of hydrogen-bond acceptors (Lipinski definition) is 1. The van der Waals surface area contributed by atoms with Gasteiger partial charge in [0.25, 0.3) is 0 Å². The largest absolute Gasteiger partial charge is 0.309 e. The minimum absolute atomic E-state index is 0.326. The van der Waals surface area contributed by atoms with E-state index in [0.717, 1.165) is 13.1 Å². The van der Waals surface area contributed by atoms with Crippen molar-refractivity contribution in [2.24, 2.45) is 10.8 Å². The number of hydrogen-bond donors (Lipinski definition) is 1. The molecule has 1 aliphatic heterocycles. The maximum atomic E-state index is 3.46. The fourth-order valence-electron chi connectivity index (χ4n) is 1.96. The summed E-state index contributed by atoms with van der Waals surface area (Å²) in [7, 11) is 0. The highest BCUT2D eigenvalue weighted by Gasteiger charge is 2.30. The molecule has 0 saturated carbocycles. The number of rotatable bonds is 0. The molecule has 1 heterocycles. The van der Waals surface area contributed by atoms with Crippen LogP contribution in [0, 0.1) is 10.8 Å². The van der Waals surface area contributed by atoms with Crippen molar-refractivity contribution in [3.05, 3.63) is 11.1 Å². The SMILES string of the molecule is CC(C)(C)C1=C(C(C)(C)C)CNC1. The van der Waals surface area contributed by atoms with Gasteiger partial charge in [0.2, 0.25) is 0 Å². The van der Waals surface area contributed by atoms with Crippen LogP contribution in [0.2, 0.25) is 0 Å². The van der Waals surface area contributed by atoms with Crippen LogP contribution >= 0.6 is 0 Å². The zero-order valence-electron chi connectivity index (χ0n) is 9.91. The third kappa shape index (κ3) is 2.34. The molecule has 0 aromatic rings. The van der Waals surface area contributed by atoms with Gasteiger partial charge in [-0.3, -0.25) is 0 Å². The van der Waals surface area contributed by atoms with Crippen LogP contribution in [0.15, 0.2) is 11.1 Å². The third-order valence-electron chi connectivity index (χ3n) is 2.78. The van der Waals surface area contributed by atoms with Crippen LogP contribution in [0.1, 0.15) is 41.5 Å². The van der Waals surface area contributed by atoms with E-state index in [4.69, 9.17) is 0 Å². The summed E-state index contributed by atoms with van der Waals surface area (Å²) in [6.45, 7) is 16.0. The van der Waals surface area contributed by atoms with E-state index in [1.165, 1.54) is 0 Å². The van der Waals surface area contributed by atoms with Crippen molar-refractivity contribution in [3.8, 4) is 0 Å². The second-order valence-corrected chi connectivity index (χ2v) is 6.06. The highest BCUT2D eigenvalue weighted by molar-refractivity contribution is 5.31. The summed E-state index contributed by atoms with van der Waals surface area (Å²) in [5.41, 5.74) is 3.87. The maximum absolute atomic E-state index is 3.46. The van der Waals surface area contributed by atoms with Crippen molar-refractivity contribution in [3.63, 3.8) is 0 Å². The molecule has 0 aliphatic carbocycles. The van der Waals surface area contributed by atoms with Crippen LogP contribution in [-0.2, 0) is 0 Å². The molecule has 76 valence electrons. The van der Waals surface area contributed by atoms with Gasteiger partial charge in [-0.2, -0.15) is 0 Å². The average molecular weight is 181 g/mol. The van der Waals surface area contributed by atoms with Crippen molar-refractivity contribution in [1.29, 1.82) is 0 Å². The van der Waals surface area contributed by atoms with Gasteiger partial charge in [-0.05, 0) is 10.8 Å². The van der Waals surface area contributed by atoms with Crippen molar-refractivity contribution in [2.45, 2.75) is 41.5 Å². The summed E-state index contributed by atoms with van der Waals surface area (Å²) in [4.78, 5) is 0. The molecule has 0 saturated heterocycles. The Balaban J connectivity index is 3.04. The van der Waals surface area contributed by atoms with Gasteiger partial charge in [-0.1, -0.05) is 52.7 Å². The molecule has 13 heavy (non-hydrogen) atoms. The third-order valence-corrected chi connectivity index (χ3v) is 2.78. The Morgan fingerprint density at radius 1 is 0.769 bits per heavy atom. The fraction of sp³-hybridized carbons (Fsp3) is 0.833. The van der Waals surface area contributed by atoms with Crippen molar-refractivity contribution < 1.29 is 0 Å². The van der Waals surface area contributed by atoms with Gasteiger partial charge in [0.1, 0.15) is 0 Å². The Morgan fingerprint density at radius 2 is 1.08 bits per heavy atom. The van der Waals surface area contributed by atoms with Gasteiger partial charge in [-0.15, -0.1) is 0 Å². The average Bonchev–Trinajstić information content (AvgIpc) is 2.27. The van der Waals surface area contributed by atoms with E-state index in [2.05, 4.69) is 46.9 Å². The normalized spacial score (nSPS) is 19.8. The van der Waals surface area contributed by atoms with Crippen LogP contribution in [0.4, 0.5) is 0 Å². The van der Waals surface area contributed by atoms with E-state index >= 15 is 0 Å². The van der Waals surface area contributed by atoms with Crippen LogP contribution in [-0.4, -0.2) is 13.1 Å². The predicted octanol–water partition coefficient (Wildman–Crippen LogP) is 2.98. The quantitative estimate of drug-likeness (QED) is 0.566. The molecule has 1 N–H and O–H groups in total. The lowest BCUT2D eigenvalue weighted by Crippen LogP contribution is -2.18. The lowest BCUT2D eigenvalue weighted by Gasteiger charge is -2.28. The van der Waals surface area contributed by atoms with Crippen LogP contribution in [0.5, 0.6) is 0 Å². The van der Waals surface area contributed by atoms with E-state index in [1.54, 1.807) is 11.1 Å². The minimum Gasteiger partial charge on any atom is -0.309 e. The van der Waals surface area contributed by atoms with E-state index in [-0.39, 0.29) is 0 Å². The summed E-state index contributed by atoms with van der Waals surface area (Å²) < 4.78 is 0. The van der Waals surface area contributed by atoms with Crippen molar-refractivity contribution in [1.82, 2.24) is 5.32 Å². The van der Waals surface area contributed by atoms with Crippen LogP contribution in [0.3, 0.4) is 0 Å². The van der Waals surface area contributed by atoms with Crippen molar-refractivity contribution >= 4 is 0 Å². The Morgan fingerprint density at radius 3 is 1.31 bits per heavy atom. The smallest absolute Gasteiger partial charge is 0.0176 e. The zero-order chi connectivity index (χ0) is 10.3. The topological polar surface area (TPSA) is 12.0 Å². The summed E-state index contributed by atoms with van der Waals surface area (Å²) in [6, 6.07) is 0. The monoisotopic (exact) mass is 181 g/mol. The molecular weight excluding hydrogens is 158 g/mol. The van der Waals surface area contributed by atoms with E-state index in [0.29, 0.717) is 10.8 Å². The molecule has 0 atom stereocenters. The fourth-order valence-corrected chi connectivity index (χ4v) is 1.96. The van der Waals surface area contributed by atoms with Gasteiger partial charge in [0.05, 0.1) is 0 Å². The number of nitrogens with one attached hydrogen (secondary N) is 1. The molecular formula is C12H23N. The molecule has 0 radical (unpaired) electrons. The highest BCUT2D eigenvalue weighted by atomic mass is 14.9. The van der Waals surface area contributed by atoms with Crippen molar-refractivity contribution in [2.75, 3.05) is 13.1 Å². The molecule has 0 unspecified atom stereocenters. The molecule has 0 bridgehead atoms. The Hall–Kier alpha value is -0.300. The highest BCUT2D eigenvalue weighted by Crippen LogP contribution is 2.37. The van der Waals surface area contributed by atoms with E-state index in [1.807, 2.05) is 0 Å². The summed E-state index contributed by atoms with van der Waals surface area (Å²) >= 11 is 0. The lowest BCUT2D eigenvalue weighted by atomic mass is 9.76. The van der Waals surface area contributed by atoms with Gasteiger partial charge in [0, 0.05) is 13.1 Å². The summed E-state index contributed by atoms with van der Waals surface area (Å²) in [5, 5.41) is 3.46. The lowest BCUT2D eigenvalue weighted by molar-refractivity contribution is 0.452. The Labute approximate surface area is 82.6 Å². The molecule has 0 aromatic carbocycles. The molecule has 1 aliphatic rings. The van der Waals surface area contributed by atoms with Gasteiger partial charge in [0.15, 0.2) is 0 Å². The standard InChI is InChI=1S/C12H23N/c1-11(2,3)9-7-13-8-10(9)12(4,5)6/h13H,7-8H2,1-6H3. The summed E-state index contributed by atoms with van der Waals surface area (Å²) in [5.74, 6) is 0.